The van der Waals surface area contributed by atoms with E-state index in [0.717, 1.165) is 39.0 Å². The minimum absolute atomic E-state index is 0.0532. The summed E-state index contributed by atoms with van der Waals surface area (Å²) in [5.74, 6) is 0.681. The van der Waals surface area contributed by atoms with Crippen molar-refractivity contribution >= 4 is 17.2 Å². The number of hydrogen-bond acceptors (Lipinski definition) is 5. The minimum atomic E-state index is -0.251. The standard InChI is InChI=1S/C17H29N3O2S/c1-13(21)12-20-7-5-15(6-8-20)10-18-11-17(22)19-14(2)16-4-3-9-23-16/h3-4,9,13-15,18,21H,5-8,10-12H2,1-2H3,(H,19,22)/t13-,14+/m1/s1. The number of nitrogens with zero attached hydrogens (tertiary/aromatic N) is 1. The highest BCUT2D eigenvalue weighted by Crippen LogP contribution is 2.18. The van der Waals surface area contributed by atoms with Crippen LogP contribution in [0.5, 0.6) is 0 Å². The number of carbonyl (C=O) groups excluding carboxylic acids is 1. The van der Waals surface area contributed by atoms with Gasteiger partial charge in [0.15, 0.2) is 0 Å². The van der Waals surface area contributed by atoms with E-state index in [9.17, 15) is 9.90 Å². The monoisotopic (exact) mass is 339 g/mol. The van der Waals surface area contributed by atoms with Crippen molar-refractivity contribution in [2.45, 2.75) is 38.8 Å². The average molecular weight is 340 g/mol. The highest BCUT2D eigenvalue weighted by atomic mass is 32.1. The van der Waals surface area contributed by atoms with Crippen molar-refractivity contribution in [3.63, 3.8) is 0 Å². The maximum atomic E-state index is 12.0. The maximum absolute atomic E-state index is 12.0. The van der Waals surface area contributed by atoms with Crippen LogP contribution in [0.25, 0.3) is 0 Å². The number of rotatable bonds is 8. The Balaban J connectivity index is 1.57. The lowest BCUT2D eigenvalue weighted by Gasteiger charge is -2.32. The Kier molecular flexibility index (Phi) is 7.49. The molecule has 1 fully saturated rings. The van der Waals surface area contributed by atoms with Gasteiger partial charge in [0.1, 0.15) is 0 Å². The lowest BCUT2D eigenvalue weighted by Crippen LogP contribution is -2.42. The Morgan fingerprint density at radius 2 is 2.17 bits per heavy atom. The normalized spacial score (nSPS) is 19.4. The number of nitrogens with one attached hydrogen (secondary N) is 2. The molecule has 1 aliphatic heterocycles. The summed E-state index contributed by atoms with van der Waals surface area (Å²) < 4.78 is 0. The molecule has 0 aromatic carbocycles. The fourth-order valence-electron chi connectivity index (χ4n) is 3.04. The molecule has 23 heavy (non-hydrogen) atoms. The van der Waals surface area contributed by atoms with Crippen LogP contribution in [0.1, 0.15) is 37.6 Å². The Morgan fingerprint density at radius 1 is 1.43 bits per heavy atom. The summed E-state index contributed by atoms with van der Waals surface area (Å²) in [6, 6.07) is 4.13. The van der Waals surface area contributed by atoms with Crippen LogP contribution in [0.4, 0.5) is 0 Å². The van der Waals surface area contributed by atoms with E-state index < -0.39 is 0 Å². The molecule has 3 N–H and O–H groups in total. The largest absolute Gasteiger partial charge is 0.392 e. The van der Waals surface area contributed by atoms with E-state index in [-0.39, 0.29) is 18.1 Å². The van der Waals surface area contributed by atoms with Crippen LogP contribution >= 0.6 is 11.3 Å². The second-order valence-electron chi connectivity index (χ2n) is 6.53. The summed E-state index contributed by atoms with van der Waals surface area (Å²) in [6.45, 7) is 7.97. The molecule has 6 heteroatoms. The number of aliphatic hydroxyl groups excluding tert-OH is 1. The molecule has 2 atom stereocenters. The number of β-amino-alcohol motifs (C(OH)–C–C–N with tert-alkyl or cyclic N) is 1. The van der Waals surface area contributed by atoms with E-state index in [0.29, 0.717) is 12.5 Å². The van der Waals surface area contributed by atoms with Gasteiger partial charge >= 0.3 is 0 Å². The molecular formula is C17H29N3O2S. The third kappa shape index (κ3) is 6.59. The van der Waals surface area contributed by atoms with Gasteiger partial charge in [-0.3, -0.25) is 4.79 Å². The van der Waals surface area contributed by atoms with E-state index in [1.807, 2.05) is 31.4 Å². The molecule has 1 aliphatic rings. The van der Waals surface area contributed by atoms with Gasteiger partial charge < -0.3 is 20.6 Å². The van der Waals surface area contributed by atoms with Crippen LogP contribution in [0.3, 0.4) is 0 Å². The summed E-state index contributed by atoms with van der Waals surface area (Å²) >= 11 is 1.67. The van der Waals surface area contributed by atoms with E-state index in [1.165, 1.54) is 4.88 Å². The Morgan fingerprint density at radius 3 is 2.78 bits per heavy atom. The van der Waals surface area contributed by atoms with Gasteiger partial charge in [0.05, 0.1) is 18.7 Å². The molecule has 1 amide bonds. The fraction of sp³-hybridized carbons (Fsp3) is 0.706. The molecule has 0 saturated carbocycles. The minimum Gasteiger partial charge on any atom is -0.392 e. The highest BCUT2D eigenvalue weighted by Gasteiger charge is 2.20. The molecule has 130 valence electrons. The van der Waals surface area contributed by atoms with Gasteiger partial charge in [-0.15, -0.1) is 11.3 Å². The van der Waals surface area contributed by atoms with Crippen molar-refractivity contribution in [2.24, 2.45) is 5.92 Å². The zero-order valence-electron chi connectivity index (χ0n) is 14.1. The molecule has 0 radical (unpaired) electrons. The molecule has 2 heterocycles. The molecule has 1 aromatic rings. The SMILES string of the molecule is C[C@H](NC(=O)CNCC1CCN(C[C@@H](C)O)CC1)c1cccs1. The van der Waals surface area contributed by atoms with E-state index >= 15 is 0 Å². The van der Waals surface area contributed by atoms with Crippen LogP contribution in [0.2, 0.25) is 0 Å². The third-order valence-electron chi connectivity index (χ3n) is 4.30. The number of likely N-dealkylation sites (tertiary alicyclic amines) is 1. The molecule has 5 nitrogen and oxygen atoms in total. The Labute approximate surface area is 143 Å². The van der Waals surface area contributed by atoms with Gasteiger partial charge in [-0.25, -0.2) is 0 Å². The number of hydrogen-bond donors (Lipinski definition) is 3. The molecule has 0 bridgehead atoms. The van der Waals surface area contributed by atoms with Crippen molar-refractivity contribution < 1.29 is 9.90 Å². The molecule has 1 aromatic heterocycles. The second kappa shape index (κ2) is 9.37. The van der Waals surface area contributed by atoms with Gasteiger partial charge in [0.2, 0.25) is 5.91 Å². The first kappa shape index (κ1) is 18.4. The van der Waals surface area contributed by atoms with Gasteiger partial charge in [-0.05, 0) is 63.7 Å². The Hall–Kier alpha value is -0.950. The topological polar surface area (TPSA) is 64.6 Å². The first-order chi connectivity index (χ1) is 11.0. The first-order valence-corrected chi connectivity index (χ1v) is 9.36. The molecule has 0 spiro atoms. The lowest BCUT2D eigenvalue weighted by atomic mass is 9.96. The summed E-state index contributed by atoms with van der Waals surface area (Å²) in [5.41, 5.74) is 0. The van der Waals surface area contributed by atoms with Crippen molar-refractivity contribution in [1.29, 1.82) is 0 Å². The van der Waals surface area contributed by atoms with Crippen LogP contribution in [0.15, 0.2) is 17.5 Å². The molecule has 2 rings (SSSR count). The van der Waals surface area contributed by atoms with Gasteiger partial charge in [0, 0.05) is 11.4 Å². The lowest BCUT2D eigenvalue weighted by molar-refractivity contribution is -0.120. The predicted octanol–water partition coefficient (Wildman–Crippen LogP) is 1.61. The van der Waals surface area contributed by atoms with Crippen LogP contribution in [-0.2, 0) is 4.79 Å². The number of thiophene rings is 1. The van der Waals surface area contributed by atoms with Gasteiger partial charge in [-0.1, -0.05) is 6.07 Å². The van der Waals surface area contributed by atoms with E-state index in [1.54, 1.807) is 11.3 Å². The summed E-state index contributed by atoms with van der Waals surface area (Å²) in [5, 5.41) is 17.7. The summed E-state index contributed by atoms with van der Waals surface area (Å²) in [6.07, 6.45) is 2.01. The van der Waals surface area contributed by atoms with E-state index in [2.05, 4.69) is 15.5 Å². The summed E-state index contributed by atoms with van der Waals surface area (Å²) in [7, 11) is 0. The maximum Gasteiger partial charge on any atom is 0.234 e. The number of piperidine rings is 1. The fourth-order valence-corrected chi connectivity index (χ4v) is 3.77. The van der Waals surface area contributed by atoms with Crippen molar-refractivity contribution in [3.05, 3.63) is 22.4 Å². The van der Waals surface area contributed by atoms with Crippen molar-refractivity contribution in [2.75, 3.05) is 32.7 Å². The molecule has 0 unspecified atom stereocenters. The molecule has 0 aliphatic carbocycles. The highest BCUT2D eigenvalue weighted by molar-refractivity contribution is 7.10. The number of carbonyl (C=O) groups is 1. The molecular weight excluding hydrogens is 310 g/mol. The van der Waals surface area contributed by atoms with Crippen LogP contribution < -0.4 is 10.6 Å². The smallest absolute Gasteiger partial charge is 0.234 e. The van der Waals surface area contributed by atoms with E-state index in [4.69, 9.17) is 0 Å². The first-order valence-electron chi connectivity index (χ1n) is 8.48. The van der Waals surface area contributed by atoms with Crippen LogP contribution in [0, 0.1) is 5.92 Å². The number of amides is 1. The molecule has 1 saturated heterocycles. The van der Waals surface area contributed by atoms with Gasteiger partial charge in [-0.2, -0.15) is 0 Å². The third-order valence-corrected chi connectivity index (χ3v) is 5.35. The average Bonchev–Trinajstić information content (AvgIpc) is 3.03. The summed E-state index contributed by atoms with van der Waals surface area (Å²) in [4.78, 5) is 15.5. The zero-order chi connectivity index (χ0) is 16.7. The zero-order valence-corrected chi connectivity index (χ0v) is 14.9. The van der Waals surface area contributed by atoms with Gasteiger partial charge in [0.25, 0.3) is 0 Å². The Bertz CT molecular complexity index is 456. The van der Waals surface area contributed by atoms with Crippen LogP contribution in [-0.4, -0.2) is 54.7 Å². The van der Waals surface area contributed by atoms with Crippen molar-refractivity contribution in [3.8, 4) is 0 Å². The second-order valence-corrected chi connectivity index (χ2v) is 7.51. The quantitative estimate of drug-likeness (QED) is 0.673. The number of aliphatic hydroxyl groups is 1. The predicted molar refractivity (Wildman–Crippen MR) is 94.6 cm³/mol. The van der Waals surface area contributed by atoms with Crippen molar-refractivity contribution in [1.82, 2.24) is 15.5 Å².